The Labute approximate surface area is 120 Å². The summed E-state index contributed by atoms with van der Waals surface area (Å²) in [7, 11) is -3.49. The van der Waals surface area contributed by atoms with Crippen LogP contribution < -0.4 is 4.72 Å². The van der Waals surface area contributed by atoms with Crippen molar-refractivity contribution in [2.24, 2.45) is 5.92 Å². The molecule has 0 aromatic heterocycles. The molecule has 5 heteroatoms. The largest absolute Gasteiger partial charge is 0.384 e. The molecule has 1 aliphatic carbocycles. The zero-order valence-electron chi connectivity index (χ0n) is 11.5. The van der Waals surface area contributed by atoms with Gasteiger partial charge in [0.25, 0.3) is 0 Å². The second-order valence-corrected chi connectivity index (χ2v) is 6.82. The third-order valence-electron chi connectivity index (χ3n) is 3.58. The number of nitrogens with one attached hydrogen (secondary N) is 1. The van der Waals surface area contributed by atoms with E-state index >= 15 is 0 Å². The maximum absolute atomic E-state index is 12.3. The molecule has 0 saturated heterocycles. The first-order chi connectivity index (χ1) is 9.53. The highest BCUT2D eigenvalue weighted by Crippen LogP contribution is 2.26. The zero-order chi connectivity index (χ0) is 14.6. The van der Waals surface area contributed by atoms with Crippen LogP contribution in [0.25, 0.3) is 0 Å². The lowest BCUT2D eigenvalue weighted by molar-refractivity contribution is 0.316. The van der Waals surface area contributed by atoms with Crippen LogP contribution in [-0.2, 0) is 10.0 Å². The average molecular weight is 293 g/mol. The maximum atomic E-state index is 12.3. The van der Waals surface area contributed by atoms with Crippen LogP contribution in [0.4, 0.5) is 0 Å². The molecule has 108 valence electrons. The molecule has 0 amide bonds. The molecule has 0 heterocycles. The number of hydrogen-bond acceptors (Lipinski definition) is 3. The summed E-state index contributed by atoms with van der Waals surface area (Å²) in [6.45, 7) is 2.03. The summed E-state index contributed by atoms with van der Waals surface area (Å²) in [5.41, 5.74) is 1.29. The fraction of sp³-hybridized carbons (Fsp3) is 0.467. The molecule has 1 aromatic rings. The Bertz CT molecular complexity index is 637. The van der Waals surface area contributed by atoms with E-state index in [2.05, 4.69) is 16.6 Å². The summed E-state index contributed by atoms with van der Waals surface area (Å²) in [5.74, 6) is 5.72. The van der Waals surface area contributed by atoms with Crippen molar-refractivity contribution >= 4 is 10.0 Å². The normalized spacial score (nSPS) is 15.3. The summed E-state index contributed by atoms with van der Waals surface area (Å²) in [6, 6.07) is 5.04. The highest BCUT2D eigenvalue weighted by molar-refractivity contribution is 7.89. The van der Waals surface area contributed by atoms with Crippen molar-refractivity contribution in [3.8, 4) is 11.8 Å². The number of aliphatic hydroxyl groups excluding tert-OH is 1. The molecule has 2 N–H and O–H groups in total. The molecule has 1 fully saturated rings. The summed E-state index contributed by atoms with van der Waals surface area (Å²) in [4.78, 5) is 0.265. The third kappa shape index (κ3) is 3.60. The van der Waals surface area contributed by atoms with Gasteiger partial charge in [0.1, 0.15) is 6.61 Å². The second kappa shape index (κ2) is 6.40. The molecule has 4 nitrogen and oxygen atoms in total. The lowest BCUT2D eigenvalue weighted by Gasteiger charge is -2.25. The quantitative estimate of drug-likeness (QED) is 0.825. The molecule has 1 aliphatic rings. The molecule has 0 aliphatic heterocycles. The van der Waals surface area contributed by atoms with Gasteiger partial charge in [-0.2, -0.15) is 0 Å². The van der Waals surface area contributed by atoms with Crippen LogP contribution in [0.5, 0.6) is 0 Å². The smallest absolute Gasteiger partial charge is 0.240 e. The summed E-state index contributed by atoms with van der Waals surface area (Å²) >= 11 is 0. The number of sulfonamides is 1. The highest BCUT2D eigenvalue weighted by Gasteiger charge is 2.22. The van der Waals surface area contributed by atoms with E-state index in [0.717, 1.165) is 12.8 Å². The van der Waals surface area contributed by atoms with Gasteiger partial charge in [0, 0.05) is 12.1 Å². The second-order valence-electron chi connectivity index (χ2n) is 5.09. The van der Waals surface area contributed by atoms with Gasteiger partial charge in [-0.15, -0.1) is 0 Å². The minimum atomic E-state index is -3.49. The first-order valence-electron chi connectivity index (χ1n) is 6.73. The van der Waals surface area contributed by atoms with E-state index in [-0.39, 0.29) is 11.5 Å². The lowest BCUT2D eigenvalue weighted by Crippen LogP contribution is -2.32. The maximum Gasteiger partial charge on any atom is 0.240 e. The molecule has 20 heavy (non-hydrogen) atoms. The molecular weight excluding hydrogens is 274 g/mol. The average Bonchev–Trinajstić information content (AvgIpc) is 2.35. The molecule has 2 rings (SSSR count). The Hall–Kier alpha value is -1.35. The lowest BCUT2D eigenvalue weighted by atomic mass is 9.86. The minimum absolute atomic E-state index is 0.240. The van der Waals surface area contributed by atoms with Gasteiger partial charge in [-0.25, -0.2) is 13.1 Å². The predicted octanol–water partition coefficient (Wildman–Crippen LogP) is 1.42. The predicted molar refractivity (Wildman–Crippen MR) is 77.7 cm³/mol. The summed E-state index contributed by atoms with van der Waals surface area (Å²) in [5, 5.41) is 8.69. The van der Waals surface area contributed by atoms with Crippen LogP contribution in [0.1, 0.15) is 30.4 Å². The van der Waals surface area contributed by atoms with Crippen molar-refractivity contribution in [1.82, 2.24) is 4.72 Å². The van der Waals surface area contributed by atoms with E-state index < -0.39 is 10.0 Å². The standard InChI is InChI=1S/C15H19NO3S/c1-12-7-8-13(6-3-9-17)10-15(12)20(18,19)16-11-14-4-2-5-14/h7-8,10,14,16-17H,2,4-5,9,11H2,1H3. The van der Waals surface area contributed by atoms with Crippen molar-refractivity contribution in [1.29, 1.82) is 0 Å². The van der Waals surface area contributed by atoms with Gasteiger partial charge < -0.3 is 5.11 Å². The first kappa shape index (κ1) is 15.0. The monoisotopic (exact) mass is 293 g/mol. The fourth-order valence-electron chi connectivity index (χ4n) is 2.11. The van der Waals surface area contributed by atoms with Gasteiger partial charge in [0.05, 0.1) is 4.90 Å². The molecule has 0 spiro atoms. The molecule has 1 saturated carbocycles. The van der Waals surface area contributed by atoms with Crippen LogP contribution in [-0.4, -0.2) is 26.7 Å². The molecule has 0 atom stereocenters. The minimum Gasteiger partial charge on any atom is -0.384 e. The van der Waals surface area contributed by atoms with Crippen molar-refractivity contribution < 1.29 is 13.5 Å². The van der Waals surface area contributed by atoms with Crippen LogP contribution >= 0.6 is 0 Å². The number of rotatable bonds is 4. The van der Waals surface area contributed by atoms with E-state index in [1.165, 1.54) is 6.42 Å². The Kier molecular flexibility index (Phi) is 4.81. The van der Waals surface area contributed by atoms with Crippen molar-refractivity contribution in [2.75, 3.05) is 13.2 Å². The molecule has 0 unspecified atom stereocenters. The Balaban J connectivity index is 2.20. The number of hydrogen-bond donors (Lipinski definition) is 2. The van der Waals surface area contributed by atoms with E-state index in [4.69, 9.17) is 5.11 Å². The van der Waals surface area contributed by atoms with Crippen molar-refractivity contribution in [3.05, 3.63) is 29.3 Å². The van der Waals surface area contributed by atoms with E-state index in [1.807, 2.05) is 0 Å². The van der Waals surface area contributed by atoms with Crippen LogP contribution in [0.15, 0.2) is 23.1 Å². The molecular formula is C15H19NO3S. The number of benzene rings is 1. The Morgan fingerprint density at radius 2 is 2.15 bits per heavy atom. The summed E-state index contributed by atoms with van der Waals surface area (Å²) < 4.78 is 27.3. The van der Waals surface area contributed by atoms with Crippen LogP contribution in [0, 0.1) is 24.7 Å². The highest BCUT2D eigenvalue weighted by atomic mass is 32.2. The third-order valence-corrected chi connectivity index (χ3v) is 5.14. The number of aliphatic hydroxyl groups is 1. The first-order valence-corrected chi connectivity index (χ1v) is 8.21. The van der Waals surface area contributed by atoms with Gasteiger partial charge in [0.15, 0.2) is 0 Å². The molecule has 1 aromatic carbocycles. The van der Waals surface area contributed by atoms with Gasteiger partial charge in [-0.05, 0) is 43.4 Å². The van der Waals surface area contributed by atoms with Crippen LogP contribution in [0.3, 0.4) is 0 Å². The van der Waals surface area contributed by atoms with Crippen molar-refractivity contribution in [3.63, 3.8) is 0 Å². The molecule has 0 bridgehead atoms. The zero-order valence-corrected chi connectivity index (χ0v) is 12.3. The van der Waals surface area contributed by atoms with E-state index in [9.17, 15) is 8.42 Å². The van der Waals surface area contributed by atoms with Crippen LogP contribution in [0.2, 0.25) is 0 Å². The Morgan fingerprint density at radius 3 is 2.75 bits per heavy atom. The van der Waals surface area contributed by atoms with Gasteiger partial charge in [-0.1, -0.05) is 24.3 Å². The summed E-state index contributed by atoms with van der Waals surface area (Å²) in [6.07, 6.45) is 3.39. The number of aryl methyl sites for hydroxylation is 1. The van der Waals surface area contributed by atoms with E-state index in [1.54, 1.807) is 25.1 Å². The van der Waals surface area contributed by atoms with Gasteiger partial charge >= 0.3 is 0 Å². The molecule has 0 radical (unpaired) electrons. The Morgan fingerprint density at radius 1 is 1.40 bits per heavy atom. The van der Waals surface area contributed by atoms with Gasteiger partial charge in [-0.3, -0.25) is 0 Å². The van der Waals surface area contributed by atoms with E-state index in [0.29, 0.717) is 23.6 Å². The van der Waals surface area contributed by atoms with Crippen molar-refractivity contribution in [2.45, 2.75) is 31.1 Å². The topological polar surface area (TPSA) is 66.4 Å². The SMILES string of the molecule is Cc1ccc(C#CCO)cc1S(=O)(=O)NCC1CCC1. The fourth-order valence-corrected chi connectivity index (χ4v) is 3.50. The van der Waals surface area contributed by atoms with Gasteiger partial charge in [0.2, 0.25) is 10.0 Å².